The Morgan fingerprint density at radius 2 is 2.11 bits per heavy atom. The van der Waals surface area contributed by atoms with Gasteiger partial charge < -0.3 is 15.4 Å². The molecule has 2 N–H and O–H groups in total. The van der Waals surface area contributed by atoms with Gasteiger partial charge in [0.1, 0.15) is 0 Å². The third-order valence-corrected chi connectivity index (χ3v) is 2.92. The quantitative estimate of drug-likeness (QED) is 0.891. The van der Waals surface area contributed by atoms with Crippen molar-refractivity contribution in [3.63, 3.8) is 0 Å². The van der Waals surface area contributed by atoms with Crippen molar-refractivity contribution in [3.05, 3.63) is 24.0 Å². The van der Waals surface area contributed by atoms with E-state index in [0.717, 1.165) is 0 Å². The first-order valence-electron chi connectivity index (χ1n) is 5.65. The minimum atomic E-state index is -0.675. The second-order valence-corrected chi connectivity index (χ2v) is 4.77. The number of carbonyl (C=O) groups is 1. The smallest absolute Gasteiger partial charge is 0.233 e. The van der Waals surface area contributed by atoms with E-state index in [-0.39, 0.29) is 18.2 Å². The third kappa shape index (κ3) is 2.79. The number of rotatable bonds is 4. The summed E-state index contributed by atoms with van der Waals surface area (Å²) in [6, 6.07) is 4.39. The van der Waals surface area contributed by atoms with Crippen molar-refractivity contribution in [1.29, 1.82) is 0 Å². The monoisotopic (exact) mass is 254 g/mol. The van der Waals surface area contributed by atoms with Crippen molar-refractivity contribution < 1.29 is 13.9 Å². The van der Waals surface area contributed by atoms with Gasteiger partial charge in [0, 0.05) is 25.3 Å². The molecule has 0 heterocycles. The zero-order valence-corrected chi connectivity index (χ0v) is 11.2. The molecule has 0 aliphatic rings. The Morgan fingerprint density at radius 3 is 2.56 bits per heavy atom. The fraction of sp³-hybridized carbons (Fsp3) is 0.462. The number of methoxy groups -OCH3 is 1. The Morgan fingerprint density at radius 1 is 1.50 bits per heavy atom. The van der Waals surface area contributed by atoms with Gasteiger partial charge in [0.25, 0.3) is 0 Å². The lowest BCUT2D eigenvalue weighted by molar-refractivity contribution is -0.125. The lowest BCUT2D eigenvalue weighted by Crippen LogP contribution is -2.43. The Labute approximate surface area is 107 Å². The fourth-order valence-electron chi connectivity index (χ4n) is 1.52. The highest BCUT2D eigenvalue weighted by Crippen LogP contribution is 2.26. The van der Waals surface area contributed by atoms with Crippen LogP contribution in [0.2, 0.25) is 0 Å². The molecule has 1 aromatic carbocycles. The minimum Gasteiger partial charge on any atom is -0.494 e. The van der Waals surface area contributed by atoms with Gasteiger partial charge in [-0.1, -0.05) is 0 Å². The van der Waals surface area contributed by atoms with Gasteiger partial charge in [-0.3, -0.25) is 4.79 Å². The van der Waals surface area contributed by atoms with Gasteiger partial charge >= 0.3 is 0 Å². The maximum atomic E-state index is 13.6. The predicted octanol–water partition coefficient (Wildman–Crippen LogP) is 1.78. The molecule has 0 saturated heterocycles. The van der Waals surface area contributed by atoms with Crippen LogP contribution in [0.3, 0.4) is 0 Å². The van der Waals surface area contributed by atoms with E-state index in [4.69, 9.17) is 10.5 Å². The molecule has 100 valence electrons. The summed E-state index contributed by atoms with van der Waals surface area (Å²) in [6.45, 7) is 3.74. The predicted molar refractivity (Wildman–Crippen MR) is 69.2 cm³/mol. The highest BCUT2D eigenvalue weighted by molar-refractivity contribution is 5.96. The Bertz CT molecular complexity index is 447. The molecule has 0 saturated carbocycles. The highest BCUT2D eigenvalue weighted by Gasteiger charge is 2.29. The van der Waals surface area contributed by atoms with Crippen molar-refractivity contribution in [1.82, 2.24) is 0 Å². The highest BCUT2D eigenvalue weighted by atomic mass is 19.1. The first-order chi connectivity index (χ1) is 8.33. The van der Waals surface area contributed by atoms with E-state index in [1.165, 1.54) is 24.1 Å². The molecule has 0 spiro atoms. The number of benzene rings is 1. The number of anilines is 1. The van der Waals surface area contributed by atoms with Gasteiger partial charge in [0.2, 0.25) is 5.91 Å². The molecular weight excluding hydrogens is 235 g/mol. The summed E-state index contributed by atoms with van der Waals surface area (Å²) in [4.78, 5) is 13.6. The summed E-state index contributed by atoms with van der Waals surface area (Å²) in [5.74, 6) is -0.507. The Hall–Kier alpha value is -1.62. The normalized spacial score (nSPS) is 11.2. The molecule has 0 radical (unpaired) electrons. The van der Waals surface area contributed by atoms with Gasteiger partial charge in [0.05, 0.1) is 12.5 Å². The number of halogens is 1. The SMILES string of the molecule is COc1ccc(N(C)C(=O)C(C)(C)CN)cc1F. The second kappa shape index (κ2) is 5.35. The number of carbonyl (C=O) groups excluding carboxylic acids is 1. The fourth-order valence-corrected chi connectivity index (χ4v) is 1.52. The van der Waals surface area contributed by atoms with Crippen molar-refractivity contribution in [2.75, 3.05) is 25.6 Å². The summed E-state index contributed by atoms with van der Waals surface area (Å²) in [7, 11) is 2.99. The van der Waals surface area contributed by atoms with Crippen molar-refractivity contribution >= 4 is 11.6 Å². The average Bonchev–Trinajstić information content (AvgIpc) is 2.36. The maximum Gasteiger partial charge on any atom is 0.233 e. The van der Waals surface area contributed by atoms with Crippen LogP contribution in [0.5, 0.6) is 5.75 Å². The van der Waals surface area contributed by atoms with Crippen LogP contribution in [0.4, 0.5) is 10.1 Å². The second-order valence-electron chi connectivity index (χ2n) is 4.77. The number of hydrogen-bond donors (Lipinski definition) is 1. The topological polar surface area (TPSA) is 55.6 Å². The van der Waals surface area contributed by atoms with Crippen LogP contribution < -0.4 is 15.4 Å². The van der Waals surface area contributed by atoms with Crippen molar-refractivity contribution in [3.8, 4) is 5.75 Å². The molecule has 0 bridgehead atoms. The van der Waals surface area contributed by atoms with Gasteiger partial charge in [-0.25, -0.2) is 4.39 Å². The lowest BCUT2D eigenvalue weighted by atomic mass is 9.92. The molecule has 1 rings (SSSR count). The van der Waals surface area contributed by atoms with E-state index < -0.39 is 11.2 Å². The van der Waals surface area contributed by atoms with Gasteiger partial charge in [0.15, 0.2) is 11.6 Å². The molecule has 0 aliphatic heterocycles. The number of amides is 1. The van der Waals surface area contributed by atoms with Crippen molar-refractivity contribution in [2.45, 2.75) is 13.8 Å². The van der Waals surface area contributed by atoms with Crippen LogP contribution >= 0.6 is 0 Å². The molecule has 1 aromatic rings. The van der Waals surface area contributed by atoms with E-state index in [2.05, 4.69) is 0 Å². The summed E-state index contributed by atoms with van der Waals surface area (Å²) in [6.07, 6.45) is 0. The molecule has 0 unspecified atom stereocenters. The van der Waals surface area contributed by atoms with Crippen LogP contribution in [0.1, 0.15) is 13.8 Å². The number of hydrogen-bond acceptors (Lipinski definition) is 3. The minimum absolute atomic E-state index is 0.151. The van der Waals surface area contributed by atoms with E-state index in [0.29, 0.717) is 5.69 Å². The van der Waals surface area contributed by atoms with Gasteiger partial charge in [-0.05, 0) is 26.0 Å². The molecule has 0 fully saturated rings. The van der Waals surface area contributed by atoms with Crippen LogP contribution in [0.25, 0.3) is 0 Å². The van der Waals surface area contributed by atoms with Gasteiger partial charge in [-0.2, -0.15) is 0 Å². The standard InChI is InChI=1S/C13H19FN2O2/c1-13(2,8-15)12(17)16(3)9-5-6-11(18-4)10(14)7-9/h5-7H,8,15H2,1-4H3. The third-order valence-electron chi connectivity index (χ3n) is 2.92. The van der Waals surface area contributed by atoms with E-state index in [1.54, 1.807) is 27.0 Å². The molecule has 18 heavy (non-hydrogen) atoms. The average molecular weight is 254 g/mol. The first kappa shape index (κ1) is 14.4. The van der Waals surface area contributed by atoms with Gasteiger partial charge in [-0.15, -0.1) is 0 Å². The zero-order chi connectivity index (χ0) is 13.9. The van der Waals surface area contributed by atoms with Crippen LogP contribution in [-0.2, 0) is 4.79 Å². The van der Waals surface area contributed by atoms with Crippen LogP contribution in [-0.4, -0.2) is 26.6 Å². The van der Waals surface area contributed by atoms with Crippen molar-refractivity contribution in [2.24, 2.45) is 11.1 Å². The lowest BCUT2D eigenvalue weighted by Gasteiger charge is -2.28. The number of ether oxygens (including phenoxy) is 1. The Balaban J connectivity index is 3.01. The number of nitrogens with zero attached hydrogens (tertiary/aromatic N) is 1. The van der Waals surface area contributed by atoms with E-state index >= 15 is 0 Å². The molecular formula is C13H19FN2O2. The summed E-state index contributed by atoms with van der Waals surface area (Å²) in [5, 5.41) is 0. The molecule has 0 atom stereocenters. The first-order valence-corrected chi connectivity index (χ1v) is 5.65. The molecule has 4 nitrogen and oxygen atoms in total. The van der Waals surface area contributed by atoms with Crippen LogP contribution in [0, 0.1) is 11.2 Å². The summed E-state index contributed by atoms with van der Waals surface area (Å²) in [5.41, 5.74) is 5.35. The molecule has 0 aliphatic carbocycles. The van der Waals surface area contributed by atoms with E-state index in [1.807, 2.05) is 0 Å². The van der Waals surface area contributed by atoms with E-state index in [9.17, 15) is 9.18 Å². The Kier molecular flexibility index (Phi) is 4.29. The molecule has 1 amide bonds. The maximum absolute atomic E-state index is 13.6. The number of nitrogens with two attached hydrogens (primary N) is 1. The summed E-state index contributed by atoms with van der Waals surface area (Å²) < 4.78 is 18.4. The molecule has 5 heteroatoms. The largest absolute Gasteiger partial charge is 0.494 e. The van der Waals surface area contributed by atoms with Crippen LogP contribution in [0.15, 0.2) is 18.2 Å². The molecule has 0 aromatic heterocycles. The summed E-state index contributed by atoms with van der Waals surface area (Å²) >= 11 is 0. The zero-order valence-electron chi connectivity index (χ0n) is 11.2.